The minimum atomic E-state index is -3.00. The Morgan fingerprint density at radius 3 is 2.69 bits per heavy atom. The summed E-state index contributed by atoms with van der Waals surface area (Å²) >= 11 is 0. The van der Waals surface area contributed by atoms with Crippen molar-refractivity contribution in [3.8, 4) is 5.75 Å². The number of allylic oxidation sites excluding steroid dienone is 1. The van der Waals surface area contributed by atoms with Gasteiger partial charge in [-0.3, -0.25) is 0 Å². The Bertz CT molecular complexity index is 520. The zero-order valence-corrected chi connectivity index (χ0v) is 9.75. The molecule has 1 aliphatic heterocycles. The van der Waals surface area contributed by atoms with Crippen LogP contribution >= 0.6 is 0 Å². The number of anilines is 1. The smallest absolute Gasteiger partial charge is 0.173 e. The quantitative estimate of drug-likeness (QED) is 0.873. The van der Waals surface area contributed by atoms with Crippen molar-refractivity contribution in [3.63, 3.8) is 0 Å². The van der Waals surface area contributed by atoms with E-state index < -0.39 is 9.84 Å². The molecule has 1 aromatic rings. The maximum absolute atomic E-state index is 11.2. The van der Waals surface area contributed by atoms with Crippen LogP contribution in [0, 0.1) is 0 Å². The van der Waals surface area contributed by atoms with E-state index in [4.69, 9.17) is 4.74 Å². The Labute approximate surface area is 94.8 Å². The summed E-state index contributed by atoms with van der Waals surface area (Å²) in [5.41, 5.74) is 1.50. The maximum atomic E-state index is 11.2. The Kier molecular flexibility index (Phi) is 2.87. The number of sulfone groups is 1. The van der Waals surface area contributed by atoms with Crippen LogP contribution in [0.25, 0.3) is 0 Å². The molecule has 1 N–H and O–H groups in total. The summed E-state index contributed by atoms with van der Waals surface area (Å²) < 4.78 is 27.6. The molecular weight excluding hydrogens is 226 g/mol. The average molecular weight is 239 g/mol. The molecule has 1 aliphatic rings. The van der Waals surface area contributed by atoms with E-state index in [1.54, 1.807) is 7.11 Å². The van der Waals surface area contributed by atoms with Gasteiger partial charge in [0.1, 0.15) is 5.75 Å². The summed E-state index contributed by atoms with van der Waals surface area (Å²) in [6.07, 6.45) is 0.528. The number of methoxy groups -OCH3 is 1. The molecule has 0 radical (unpaired) electrons. The van der Waals surface area contributed by atoms with Gasteiger partial charge in [0, 0.05) is 17.5 Å². The molecule has 0 unspecified atom stereocenters. The van der Waals surface area contributed by atoms with Crippen LogP contribution in [0.15, 0.2) is 35.4 Å². The highest BCUT2D eigenvalue weighted by Gasteiger charge is 2.18. The molecule has 16 heavy (non-hydrogen) atoms. The van der Waals surface area contributed by atoms with Crippen LogP contribution in [0.2, 0.25) is 0 Å². The molecule has 0 atom stereocenters. The summed E-state index contributed by atoms with van der Waals surface area (Å²) in [6, 6.07) is 7.41. The van der Waals surface area contributed by atoms with Crippen molar-refractivity contribution in [2.24, 2.45) is 0 Å². The standard InChI is InChI=1S/C11H13NO3S/c1-15-11-5-3-2-4-10(11)12-9-6-7-16(13,14)8-9/h2-5,8,12H,6-7H2,1H3. The number of para-hydroxylation sites is 2. The molecule has 0 aliphatic carbocycles. The van der Waals surface area contributed by atoms with Crippen molar-refractivity contribution in [1.82, 2.24) is 0 Å². The third-order valence-corrected chi connectivity index (χ3v) is 3.80. The van der Waals surface area contributed by atoms with Gasteiger partial charge in [0.2, 0.25) is 0 Å². The first-order valence-corrected chi connectivity index (χ1v) is 6.66. The van der Waals surface area contributed by atoms with Crippen molar-refractivity contribution >= 4 is 15.5 Å². The highest BCUT2D eigenvalue weighted by Crippen LogP contribution is 2.27. The number of ether oxygens (including phenoxy) is 1. The third kappa shape index (κ3) is 2.36. The Morgan fingerprint density at radius 1 is 1.31 bits per heavy atom. The largest absolute Gasteiger partial charge is 0.495 e. The van der Waals surface area contributed by atoms with Crippen LogP contribution in [0.1, 0.15) is 6.42 Å². The fraction of sp³-hybridized carbons (Fsp3) is 0.273. The van der Waals surface area contributed by atoms with E-state index in [9.17, 15) is 8.42 Å². The van der Waals surface area contributed by atoms with Gasteiger partial charge < -0.3 is 10.1 Å². The molecule has 0 saturated carbocycles. The van der Waals surface area contributed by atoms with Crippen molar-refractivity contribution in [1.29, 1.82) is 0 Å². The first-order chi connectivity index (χ1) is 7.61. The molecule has 2 rings (SSSR count). The van der Waals surface area contributed by atoms with E-state index in [1.165, 1.54) is 5.41 Å². The molecule has 86 valence electrons. The van der Waals surface area contributed by atoms with Gasteiger partial charge in [0.15, 0.2) is 9.84 Å². The predicted molar refractivity (Wildman–Crippen MR) is 63.1 cm³/mol. The lowest BCUT2D eigenvalue weighted by molar-refractivity contribution is 0.416. The van der Waals surface area contributed by atoms with Gasteiger partial charge >= 0.3 is 0 Å². The lowest BCUT2D eigenvalue weighted by atomic mass is 10.2. The predicted octanol–water partition coefficient (Wildman–Crippen LogP) is 1.77. The second-order valence-corrected chi connectivity index (χ2v) is 5.56. The summed E-state index contributed by atoms with van der Waals surface area (Å²) in [6.45, 7) is 0. The Balaban J connectivity index is 2.22. The van der Waals surface area contributed by atoms with E-state index in [-0.39, 0.29) is 5.75 Å². The number of hydrogen-bond donors (Lipinski definition) is 1. The fourth-order valence-corrected chi connectivity index (χ4v) is 2.83. The summed E-state index contributed by atoms with van der Waals surface area (Å²) in [4.78, 5) is 0. The SMILES string of the molecule is COc1ccccc1NC1=CS(=O)(=O)CC1. The Hall–Kier alpha value is -1.49. The molecule has 0 spiro atoms. The minimum absolute atomic E-state index is 0.185. The number of nitrogens with one attached hydrogen (secondary N) is 1. The van der Waals surface area contributed by atoms with Crippen LogP contribution in [-0.4, -0.2) is 21.3 Å². The topological polar surface area (TPSA) is 55.4 Å². The highest BCUT2D eigenvalue weighted by atomic mass is 32.2. The first-order valence-electron chi connectivity index (χ1n) is 4.94. The van der Waals surface area contributed by atoms with E-state index in [2.05, 4.69) is 5.32 Å². The van der Waals surface area contributed by atoms with E-state index in [1.807, 2.05) is 24.3 Å². The zero-order chi connectivity index (χ0) is 11.6. The maximum Gasteiger partial charge on any atom is 0.173 e. The van der Waals surface area contributed by atoms with Crippen molar-refractivity contribution in [2.75, 3.05) is 18.2 Å². The number of rotatable bonds is 3. The molecule has 0 bridgehead atoms. The molecule has 0 amide bonds. The monoisotopic (exact) mass is 239 g/mol. The third-order valence-electron chi connectivity index (χ3n) is 2.38. The second-order valence-electron chi connectivity index (χ2n) is 3.59. The van der Waals surface area contributed by atoms with Gasteiger partial charge in [-0.1, -0.05) is 12.1 Å². The molecule has 0 saturated heterocycles. The van der Waals surface area contributed by atoms with Gasteiger partial charge in [-0.05, 0) is 12.1 Å². The average Bonchev–Trinajstić information content (AvgIpc) is 2.59. The Morgan fingerprint density at radius 2 is 2.06 bits per heavy atom. The van der Waals surface area contributed by atoms with Gasteiger partial charge in [-0.2, -0.15) is 0 Å². The van der Waals surface area contributed by atoms with Crippen LogP contribution in [-0.2, 0) is 9.84 Å². The van der Waals surface area contributed by atoms with Gasteiger partial charge in [0.25, 0.3) is 0 Å². The second kappa shape index (κ2) is 4.17. The molecule has 5 heteroatoms. The summed E-state index contributed by atoms with van der Waals surface area (Å²) in [7, 11) is -1.42. The van der Waals surface area contributed by atoms with E-state index in [0.717, 1.165) is 5.69 Å². The molecule has 0 fully saturated rings. The fourth-order valence-electron chi connectivity index (χ4n) is 1.60. The molecule has 1 heterocycles. The van der Waals surface area contributed by atoms with Crippen LogP contribution in [0.4, 0.5) is 5.69 Å². The highest BCUT2D eigenvalue weighted by molar-refractivity contribution is 7.94. The van der Waals surface area contributed by atoms with Crippen LogP contribution in [0.3, 0.4) is 0 Å². The van der Waals surface area contributed by atoms with E-state index in [0.29, 0.717) is 17.9 Å². The van der Waals surface area contributed by atoms with Gasteiger partial charge in [-0.25, -0.2) is 8.42 Å². The lowest BCUT2D eigenvalue weighted by Gasteiger charge is -2.10. The summed E-state index contributed by atoms with van der Waals surface area (Å²) in [5.74, 6) is 0.887. The van der Waals surface area contributed by atoms with Crippen molar-refractivity contribution in [2.45, 2.75) is 6.42 Å². The normalized spacial score (nSPS) is 17.9. The zero-order valence-electron chi connectivity index (χ0n) is 8.93. The molecule has 1 aromatic carbocycles. The van der Waals surface area contributed by atoms with Crippen molar-refractivity contribution < 1.29 is 13.2 Å². The molecule has 4 nitrogen and oxygen atoms in total. The van der Waals surface area contributed by atoms with Crippen LogP contribution < -0.4 is 10.1 Å². The van der Waals surface area contributed by atoms with Crippen molar-refractivity contribution in [3.05, 3.63) is 35.4 Å². The molecular formula is C11H13NO3S. The van der Waals surface area contributed by atoms with Gasteiger partial charge in [-0.15, -0.1) is 0 Å². The lowest BCUT2D eigenvalue weighted by Crippen LogP contribution is -1.99. The first kappa shape index (κ1) is 11.0. The van der Waals surface area contributed by atoms with Gasteiger partial charge in [0.05, 0.1) is 18.6 Å². The number of hydrogen-bond acceptors (Lipinski definition) is 4. The van der Waals surface area contributed by atoms with Crippen LogP contribution in [0.5, 0.6) is 5.75 Å². The molecule has 0 aromatic heterocycles. The van der Waals surface area contributed by atoms with E-state index >= 15 is 0 Å². The number of benzene rings is 1. The minimum Gasteiger partial charge on any atom is -0.495 e. The summed E-state index contributed by atoms with van der Waals surface area (Å²) in [5, 5.41) is 4.36.